The number of anilines is 1. The molecule has 0 bridgehead atoms. The quantitative estimate of drug-likeness (QED) is 0.550. The summed E-state index contributed by atoms with van der Waals surface area (Å²) in [5.41, 5.74) is 5.30. The summed E-state index contributed by atoms with van der Waals surface area (Å²) in [5.74, 6) is -0.825. The van der Waals surface area contributed by atoms with E-state index >= 15 is 0 Å². The Morgan fingerprint density at radius 1 is 1.47 bits per heavy atom. The highest BCUT2D eigenvalue weighted by molar-refractivity contribution is 7.92. The monoisotopic (exact) mass is 287 g/mol. The van der Waals surface area contributed by atoms with Crippen molar-refractivity contribution in [1.29, 1.82) is 5.41 Å². The average Bonchev–Trinajstić information content (AvgIpc) is 2.29. The van der Waals surface area contributed by atoms with Gasteiger partial charge in [0.2, 0.25) is 10.0 Å². The molecular formula is C12H18FN3O2S. The predicted molar refractivity (Wildman–Crippen MR) is 74.3 cm³/mol. The van der Waals surface area contributed by atoms with E-state index in [0.717, 1.165) is 6.07 Å². The molecule has 0 aliphatic carbocycles. The summed E-state index contributed by atoms with van der Waals surface area (Å²) in [6.45, 7) is 3.83. The maximum atomic E-state index is 13.7. The molecule has 0 unspecified atom stereocenters. The Morgan fingerprint density at radius 2 is 2.11 bits per heavy atom. The van der Waals surface area contributed by atoms with Crippen molar-refractivity contribution in [3.8, 4) is 0 Å². The molecule has 0 fully saturated rings. The van der Waals surface area contributed by atoms with Crippen molar-refractivity contribution in [2.24, 2.45) is 11.7 Å². The van der Waals surface area contributed by atoms with Crippen molar-refractivity contribution in [2.75, 3.05) is 10.5 Å². The second kappa shape index (κ2) is 6.01. The van der Waals surface area contributed by atoms with Gasteiger partial charge in [-0.15, -0.1) is 0 Å². The molecule has 0 aliphatic rings. The lowest BCUT2D eigenvalue weighted by atomic mass is 10.2. The van der Waals surface area contributed by atoms with Crippen molar-refractivity contribution in [3.63, 3.8) is 0 Å². The van der Waals surface area contributed by atoms with Crippen molar-refractivity contribution < 1.29 is 12.8 Å². The van der Waals surface area contributed by atoms with Gasteiger partial charge >= 0.3 is 0 Å². The number of benzene rings is 1. The molecule has 0 amide bonds. The molecule has 0 saturated heterocycles. The van der Waals surface area contributed by atoms with Gasteiger partial charge in [0.05, 0.1) is 11.4 Å². The normalized spacial score (nSPS) is 11.6. The Kier molecular flexibility index (Phi) is 4.88. The van der Waals surface area contributed by atoms with Crippen LogP contribution >= 0.6 is 0 Å². The van der Waals surface area contributed by atoms with Crippen LogP contribution in [0.3, 0.4) is 0 Å². The first-order valence-corrected chi connectivity index (χ1v) is 7.51. The number of halogens is 1. The molecular weight excluding hydrogens is 269 g/mol. The van der Waals surface area contributed by atoms with E-state index in [9.17, 15) is 12.8 Å². The first kappa shape index (κ1) is 15.4. The summed E-state index contributed by atoms with van der Waals surface area (Å²) in [7, 11) is -3.56. The first-order chi connectivity index (χ1) is 8.71. The van der Waals surface area contributed by atoms with Gasteiger partial charge in [-0.1, -0.05) is 13.8 Å². The van der Waals surface area contributed by atoms with Crippen molar-refractivity contribution in [3.05, 3.63) is 29.6 Å². The van der Waals surface area contributed by atoms with Crippen molar-refractivity contribution in [2.45, 2.75) is 20.3 Å². The fraction of sp³-hybridized carbons (Fsp3) is 0.417. The van der Waals surface area contributed by atoms with Gasteiger partial charge < -0.3 is 5.73 Å². The first-order valence-electron chi connectivity index (χ1n) is 5.85. The van der Waals surface area contributed by atoms with Crippen LogP contribution in [0.4, 0.5) is 10.1 Å². The van der Waals surface area contributed by atoms with Crippen LogP contribution in [0.25, 0.3) is 0 Å². The van der Waals surface area contributed by atoms with Gasteiger partial charge in [-0.05, 0) is 30.5 Å². The number of amidine groups is 1. The fourth-order valence-electron chi connectivity index (χ4n) is 1.37. The molecule has 0 spiro atoms. The zero-order chi connectivity index (χ0) is 14.6. The van der Waals surface area contributed by atoms with Gasteiger partial charge in [0.25, 0.3) is 0 Å². The molecule has 0 saturated carbocycles. The van der Waals surface area contributed by atoms with Gasteiger partial charge in [0, 0.05) is 5.56 Å². The molecule has 0 aliphatic heterocycles. The lowest BCUT2D eigenvalue weighted by Gasteiger charge is -2.10. The SMILES string of the molecule is CC(C)CCS(=O)(=O)Nc1ccc(C(=N)N)cc1F. The van der Waals surface area contributed by atoms with Crippen LogP contribution in [0, 0.1) is 17.1 Å². The third kappa shape index (κ3) is 4.86. The Hall–Kier alpha value is -1.63. The van der Waals surface area contributed by atoms with E-state index in [0.29, 0.717) is 6.42 Å². The molecule has 1 rings (SSSR count). The summed E-state index contributed by atoms with van der Waals surface area (Å²) in [5, 5.41) is 7.17. The van der Waals surface area contributed by atoms with Gasteiger partial charge in [0.1, 0.15) is 11.7 Å². The lowest BCUT2D eigenvalue weighted by molar-refractivity contribution is 0.576. The predicted octanol–water partition coefficient (Wildman–Crippen LogP) is 1.90. The third-order valence-corrected chi connectivity index (χ3v) is 3.81. The molecule has 0 heterocycles. The molecule has 1 aromatic carbocycles. The number of hydrogen-bond acceptors (Lipinski definition) is 3. The standard InChI is InChI=1S/C12H18FN3O2S/c1-8(2)5-6-19(17,18)16-11-4-3-9(12(14)15)7-10(11)13/h3-4,7-8,16H,5-6H2,1-2H3,(H3,14,15). The van der Waals surface area contributed by atoms with Crippen LogP contribution in [0.2, 0.25) is 0 Å². The van der Waals surface area contributed by atoms with E-state index in [2.05, 4.69) is 4.72 Å². The highest BCUT2D eigenvalue weighted by Crippen LogP contribution is 2.17. The Balaban J connectivity index is 2.85. The molecule has 0 aromatic heterocycles. The van der Waals surface area contributed by atoms with E-state index in [1.807, 2.05) is 13.8 Å². The van der Waals surface area contributed by atoms with Crippen molar-refractivity contribution >= 4 is 21.5 Å². The van der Waals surface area contributed by atoms with Crippen LogP contribution < -0.4 is 10.5 Å². The minimum Gasteiger partial charge on any atom is -0.384 e. The largest absolute Gasteiger partial charge is 0.384 e. The number of sulfonamides is 1. The summed E-state index contributed by atoms with van der Waals surface area (Å²) in [4.78, 5) is 0. The molecule has 5 nitrogen and oxygen atoms in total. The van der Waals surface area contributed by atoms with Crippen LogP contribution in [-0.4, -0.2) is 20.0 Å². The molecule has 0 radical (unpaired) electrons. The lowest BCUT2D eigenvalue weighted by Crippen LogP contribution is -2.19. The number of hydrogen-bond donors (Lipinski definition) is 3. The zero-order valence-corrected chi connectivity index (χ0v) is 11.7. The van der Waals surface area contributed by atoms with Crippen LogP contribution in [-0.2, 0) is 10.0 Å². The Labute approximate surface area is 112 Å². The molecule has 19 heavy (non-hydrogen) atoms. The topological polar surface area (TPSA) is 96.0 Å². The molecule has 7 heteroatoms. The van der Waals surface area contributed by atoms with Crippen LogP contribution in [0.15, 0.2) is 18.2 Å². The number of nitrogen functional groups attached to an aromatic ring is 1. The second-order valence-corrected chi connectivity index (χ2v) is 6.55. The highest BCUT2D eigenvalue weighted by Gasteiger charge is 2.14. The summed E-state index contributed by atoms with van der Waals surface area (Å²) in [6, 6.07) is 3.69. The average molecular weight is 287 g/mol. The molecule has 1 aromatic rings. The Morgan fingerprint density at radius 3 is 2.58 bits per heavy atom. The van der Waals surface area contributed by atoms with Gasteiger partial charge in [-0.2, -0.15) is 0 Å². The van der Waals surface area contributed by atoms with E-state index in [1.165, 1.54) is 12.1 Å². The zero-order valence-electron chi connectivity index (χ0n) is 10.9. The fourth-order valence-corrected chi connectivity index (χ4v) is 2.76. The second-order valence-electron chi connectivity index (χ2n) is 4.71. The van der Waals surface area contributed by atoms with Crippen LogP contribution in [0.5, 0.6) is 0 Å². The number of nitrogens with two attached hydrogens (primary N) is 1. The number of rotatable bonds is 6. The minimum atomic E-state index is -3.56. The summed E-state index contributed by atoms with van der Waals surface area (Å²) >= 11 is 0. The maximum absolute atomic E-state index is 13.7. The van der Waals surface area contributed by atoms with E-state index in [1.54, 1.807) is 0 Å². The van der Waals surface area contributed by atoms with Gasteiger partial charge in [-0.25, -0.2) is 12.8 Å². The van der Waals surface area contributed by atoms with E-state index in [4.69, 9.17) is 11.1 Å². The van der Waals surface area contributed by atoms with Gasteiger partial charge in [0.15, 0.2) is 0 Å². The van der Waals surface area contributed by atoms with Gasteiger partial charge in [-0.3, -0.25) is 10.1 Å². The summed E-state index contributed by atoms with van der Waals surface area (Å²) in [6.07, 6.45) is 0.502. The van der Waals surface area contributed by atoms with Crippen molar-refractivity contribution in [1.82, 2.24) is 0 Å². The smallest absolute Gasteiger partial charge is 0.232 e. The molecule has 4 N–H and O–H groups in total. The van der Waals surface area contributed by atoms with E-state index in [-0.39, 0.29) is 28.8 Å². The highest BCUT2D eigenvalue weighted by atomic mass is 32.2. The summed E-state index contributed by atoms with van der Waals surface area (Å²) < 4.78 is 39.3. The molecule has 0 atom stereocenters. The minimum absolute atomic E-state index is 0.0570. The third-order valence-electron chi connectivity index (χ3n) is 2.51. The molecule has 106 valence electrons. The van der Waals surface area contributed by atoms with E-state index < -0.39 is 15.8 Å². The maximum Gasteiger partial charge on any atom is 0.232 e. The van der Waals surface area contributed by atoms with Crippen LogP contribution in [0.1, 0.15) is 25.8 Å². The Bertz CT molecular complexity index is 570. The number of nitrogens with one attached hydrogen (secondary N) is 2.